The number of nitrogens with two attached hydrogens (primary N) is 1. The molecule has 0 atom stereocenters. The summed E-state index contributed by atoms with van der Waals surface area (Å²) in [5, 5.41) is -0.366. The van der Waals surface area contributed by atoms with Crippen LogP contribution in [0.2, 0.25) is 0 Å². The predicted molar refractivity (Wildman–Crippen MR) is 149 cm³/mol. The number of nitrogen functional groups attached to an aromatic ring is 1. The van der Waals surface area contributed by atoms with Gasteiger partial charge in [0.1, 0.15) is 17.4 Å². The number of amides is 1. The van der Waals surface area contributed by atoms with Gasteiger partial charge in [0.2, 0.25) is 0 Å². The second kappa shape index (κ2) is 11.1. The summed E-state index contributed by atoms with van der Waals surface area (Å²) in [6, 6.07) is 11.6. The third-order valence-electron chi connectivity index (χ3n) is 6.41. The van der Waals surface area contributed by atoms with Crippen LogP contribution in [0, 0.1) is 17.2 Å². The first-order chi connectivity index (χ1) is 18.3. The van der Waals surface area contributed by atoms with E-state index < -0.39 is 21.7 Å². The lowest BCUT2D eigenvalue weighted by Crippen LogP contribution is -2.32. The van der Waals surface area contributed by atoms with Gasteiger partial charge >= 0.3 is 0 Å². The van der Waals surface area contributed by atoms with Crippen molar-refractivity contribution in [1.82, 2.24) is 14.7 Å². The standard InChI is InChI=1S/C29H33FN4O4S/c1-18(2)17-38-22-15-20(14-21(30)16-22)24-9-8-23(27(32-24)19-10-12-29(3,4)13-11-19)28(35)34-39(36,37)26-7-5-6-25(31)33-26/h5-10,14-16,18H,11-13,17H2,1-4H3,(H2,31,33)(H,34,35). The van der Waals surface area contributed by atoms with Crippen molar-refractivity contribution in [2.45, 2.75) is 52.0 Å². The van der Waals surface area contributed by atoms with E-state index in [2.05, 4.69) is 23.6 Å². The maximum absolute atomic E-state index is 14.5. The monoisotopic (exact) mass is 552 g/mol. The first kappa shape index (κ1) is 28.2. The fraction of sp³-hybridized carbons (Fsp3) is 0.345. The van der Waals surface area contributed by atoms with Crippen LogP contribution >= 0.6 is 0 Å². The van der Waals surface area contributed by atoms with Gasteiger partial charge in [0.25, 0.3) is 15.9 Å². The molecular formula is C29H33FN4O4S. The smallest absolute Gasteiger partial charge is 0.281 e. The summed E-state index contributed by atoms with van der Waals surface area (Å²) >= 11 is 0. The molecule has 0 bridgehead atoms. The van der Waals surface area contributed by atoms with Gasteiger partial charge in [0.05, 0.1) is 23.6 Å². The Balaban J connectivity index is 1.75. The van der Waals surface area contributed by atoms with Crippen LogP contribution in [0.5, 0.6) is 5.75 Å². The van der Waals surface area contributed by atoms with Gasteiger partial charge in [-0.1, -0.05) is 39.8 Å². The number of pyridine rings is 2. The molecule has 0 fully saturated rings. The second-order valence-corrected chi connectivity index (χ2v) is 12.5. The summed E-state index contributed by atoms with van der Waals surface area (Å²) in [5.41, 5.74) is 7.90. The number of nitrogens with zero attached hydrogens (tertiary/aromatic N) is 2. The van der Waals surface area contributed by atoms with Gasteiger partial charge in [0, 0.05) is 11.6 Å². The molecule has 3 aromatic rings. The number of sulfonamides is 1. The minimum Gasteiger partial charge on any atom is -0.493 e. The summed E-state index contributed by atoms with van der Waals surface area (Å²) in [6.07, 6.45) is 4.32. The molecule has 1 amide bonds. The maximum Gasteiger partial charge on any atom is 0.281 e. The summed E-state index contributed by atoms with van der Waals surface area (Å²) < 4.78 is 48.0. The van der Waals surface area contributed by atoms with E-state index in [0.717, 1.165) is 18.4 Å². The number of hydrogen-bond acceptors (Lipinski definition) is 7. The first-order valence-corrected chi connectivity index (χ1v) is 14.3. The van der Waals surface area contributed by atoms with E-state index in [0.29, 0.717) is 35.7 Å². The van der Waals surface area contributed by atoms with E-state index in [9.17, 15) is 17.6 Å². The van der Waals surface area contributed by atoms with Gasteiger partial charge in [-0.05, 0) is 72.6 Å². The van der Waals surface area contributed by atoms with Crippen LogP contribution in [0.1, 0.15) is 63.0 Å². The molecule has 0 saturated carbocycles. The van der Waals surface area contributed by atoms with E-state index in [4.69, 9.17) is 15.5 Å². The number of nitrogens with one attached hydrogen (secondary N) is 1. The molecule has 2 heterocycles. The van der Waals surface area contributed by atoms with E-state index in [-0.39, 0.29) is 27.7 Å². The Labute approximate surface area is 228 Å². The topological polar surface area (TPSA) is 124 Å². The highest BCUT2D eigenvalue weighted by molar-refractivity contribution is 7.90. The molecule has 39 heavy (non-hydrogen) atoms. The van der Waals surface area contributed by atoms with Crippen LogP contribution in [0.3, 0.4) is 0 Å². The maximum atomic E-state index is 14.5. The molecule has 0 saturated heterocycles. The Bertz CT molecular complexity index is 1530. The fourth-order valence-electron chi connectivity index (χ4n) is 4.21. The predicted octanol–water partition coefficient (Wildman–Crippen LogP) is 5.61. The number of hydrogen-bond donors (Lipinski definition) is 2. The third-order valence-corrected chi connectivity index (χ3v) is 7.65. The molecule has 1 aliphatic rings. The lowest BCUT2D eigenvalue weighted by Gasteiger charge is -2.29. The van der Waals surface area contributed by atoms with Crippen molar-refractivity contribution >= 4 is 27.3 Å². The van der Waals surface area contributed by atoms with E-state index in [1.165, 1.54) is 36.4 Å². The molecule has 0 radical (unpaired) electrons. The molecule has 10 heteroatoms. The highest BCUT2D eigenvalue weighted by atomic mass is 32.2. The molecule has 0 spiro atoms. The molecule has 206 valence electrons. The number of carbonyl (C=O) groups excluding carboxylic acids is 1. The van der Waals surface area contributed by atoms with Crippen molar-refractivity contribution in [2.75, 3.05) is 12.3 Å². The zero-order valence-corrected chi connectivity index (χ0v) is 23.3. The zero-order valence-electron chi connectivity index (χ0n) is 22.5. The summed E-state index contributed by atoms with van der Waals surface area (Å²) in [5.74, 6) is -0.669. The molecule has 1 aliphatic carbocycles. The summed E-state index contributed by atoms with van der Waals surface area (Å²) in [7, 11) is -4.29. The van der Waals surface area contributed by atoms with Crippen molar-refractivity contribution in [2.24, 2.45) is 11.3 Å². The van der Waals surface area contributed by atoms with Crippen molar-refractivity contribution < 1.29 is 22.3 Å². The number of halogens is 1. The first-order valence-electron chi connectivity index (χ1n) is 12.8. The van der Waals surface area contributed by atoms with Crippen LogP contribution in [0.25, 0.3) is 16.8 Å². The highest BCUT2D eigenvalue weighted by Crippen LogP contribution is 2.39. The van der Waals surface area contributed by atoms with Gasteiger partial charge in [-0.2, -0.15) is 8.42 Å². The Morgan fingerprint density at radius 1 is 1.15 bits per heavy atom. The largest absolute Gasteiger partial charge is 0.493 e. The Morgan fingerprint density at radius 3 is 2.59 bits per heavy atom. The van der Waals surface area contributed by atoms with Crippen LogP contribution in [0.15, 0.2) is 59.6 Å². The average molecular weight is 553 g/mol. The summed E-state index contributed by atoms with van der Waals surface area (Å²) in [4.78, 5) is 21.9. The van der Waals surface area contributed by atoms with Crippen LogP contribution in [0.4, 0.5) is 10.2 Å². The lowest BCUT2D eigenvalue weighted by atomic mass is 9.77. The minimum atomic E-state index is -4.29. The number of ether oxygens (including phenoxy) is 1. The zero-order chi connectivity index (χ0) is 28.4. The Hall–Kier alpha value is -3.79. The Morgan fingerprint density at radius 2 is 1.92 bits per heavy atom. The lowest BCUT2D eigenvalue weighted by molar-refractivity contribution is 0.0980. The fourth-order valence-corrected chi connectivity index (χ4v) is 5.15. The normalized spacial score (nSPS) is 15.1. The molecule has 2 aromatic heterocycles. The van der Waals surface area contributed by atoms with Crippen molar-refractivity contribution in [3.63, 3.8) is 0 Å². The number of carbonyl (C=O) groups is 1. The number of aromatic nitrogens is 2. The molecule has 1 aromatic carbocycles. The van der Waals surface area contributed by atoms with Gasteiger partial charge < -0.3 is 10.5 Å². The Kier molecular flexibility index (Phi) is 8.06. The van der Waals surface area contributed by atoms with E-state index in [1.807, 2.05) is 19.9 Å². The van der Waals surface area contributed by atoms with Crippen LogP contribution in [-0.4, -0.2) is 30.9 Å². The van der Waals surface area contributed by atoms with E-state index >= 15 is 0 Å². The van der Waals surface area contributed by atoms with Gasteiger partial charge in [-0.3, -0.25) is 4.79 Å². The number of allylic oxidation sites excluding steroid dienone is 2. The molecule has 3 N–H and O–H groups in total. The highest BCUT2D eigenvalue weighted by Gasteiger charge is 2.28. The van der Waals surface area contributed by atoms with E-state index in [1.54, 1.807) is 12.1 Å². The summed E-state index contributed by atoms with van der Waals surface area (Å²) in [6.45, 7) is 8.75. The van der Waals surface area contributed by atoms with Crippen LogP contribution < -0.4 is 15.2 Å². The molecule has 0 aliphatic heterocycles. The van der Waals surface area contributed by atoms with Gasteiger partial charge in [-0.15, -0.1) is 0 Å². The number of benzene rings is 1. The SMILES string of the molecule is CC(C)COc1cc(F)cc(-c2ccc(C(=O)NS(=O)(=O)c3cccc(N)n3)c(C3=CCC(C)(C)CC3)n2)c1. The van der Waals surface area contributed by atoms with Crippen LogP contribution in [-0.2, 0) is 10.0 Å². The molecule has 0 unspecified atom stereocenters. The third kappa shape index (κ3) is 7.00. The van der Waals surface area contributed by atoms with Gasteiger partial charge in [-0.25, -0.2) is 19.1 Å². The molecular weight excluding hydrogens is 519 g/mol. The number of anilines is 1. The second-order valence-electron chi connectivity index (χ2n) is 10.9. The number of rotatable bonds is 8. The van der Waals surface area contributed by atoms with Crippen molar-refractivity contribution in [3.8, 4) is 17.0 Å². The van der Waals surface area contributed by atoms with Crippen molar-refractivity contribution in [3.05, 3.63) is 71.7 Å². The minimum absolute atomic E-state index is 0.0128. The quantitative estimate of drug-likeness (QED) is 0.372. The van der Waals surface area contributed by atoms with Gasteiger partial charge in [0.15, 0.2) is 5.03 Å². The van der Waals surface area contributed by atoms with Crippen molar-refractivity contribution in [1.29, 1.82) is 0 Å². The molecule has 8 nitrogen and oxygen atoms in total. The molecule has 4 rings (SSSR count). The average Bonchev–Trinajstić information content (AvgIpc) is 2.86.